The Bertz CT molecular complexity index is 180. The van der Waals surface area contributed by atoms with Crippen LogP contribution in [0.3, 0.4) is 0 Å². The molecule has 0 aliphatic carbocycles. The second kappa shape index (κ2) is 16.2. The van der Waals surface area contributed by atoms with Gasteiger partial charge < -0.3 is 14.2 Å². The van der Waals surface area contributed by atoms with Crippen molar-refractivity contribution in [2.45, 2.75) is 25.7 Å². The van der Waals surface area contributed by atoms with Crippen LogP contribution in [-0.4, -0.2) is 44.1 Å². The Morgan fingerprint density at radius 1 is 0.765 bits per heavy atom. The second-order valence-electron chi connectivity index (χ2n) is 3.58. The van der Waals surface area contributed by atoms with Crippen molar-refractivity contribution in [2.75, 3.05) is 44.1 Å². The van der Waals surface area contributed by atoms with E-state index >= 15 is 0 Å². The van der Waals surface area contributed by atoms with Crippen LogP contribution < -0.4 is 0 Å². The normalized spacial score (nSPS) is 10.4. The van der Waals surface area contributed by atoms with Crippen molar-refractivity contribution >= 4 is 22.6 Å². The van der Waals surface area contributed by atoms with E-state index in [9.17, 15) is 0 Å². The van der Waals surface area contributed by atoms with E-state index in [1.54, 1.807) is 0 Å². The zero-order chi connectivity index (χ0) is 12.6. The maximum atomic E-state index is 5.44. The lowest BCUT2D eigenvalue weighted by molar-refractivity contribution is 0.0195. The summed E-state index contributed by atoms with van der Waals surface area (Å²) in [5.41, 5.74) is 0. The Kier molecular flexibility index (Phi) is 16.3. The minimum absolute atomic E-state index is 0.358. The molecule has 0 unspecified atom stereocenters. The Hall–Kier alpha value is 0.170. The minimum Gasteiger partial charge on any atom is -0.379 e. The van der Waals surface area contributed by atoms with Gasteiger partial charge in [0, 0.05) is 6.61 Å². The summed E-state index contributed by atoms with van der Waals surface area (Å²) >= 11 is 2.41. The minimum atomic E-state index is 0.358. The molecule has 0 saturated heterocycles. The predicted molar refractivity (Wildman–Crippen MR) is 78.6 cm³/mol. The summed E-state index contributed by atoms with van der Waals surface area (Å²) in [4.78, 5) is 0. The molecule has 4 heteroatoms. The molecule has 100 valence electrons. The van der Waals surface area contributed by atoms with Crippen molar-refractivity contribution < 1.29 is 14.2 Å². The first-order chi connectivity index (χ1) is 8.41. The highest BCUT2D eigenvalue weighted by Gasteiger charge is 1.92. The lowest BCUT2D eigenvalue weighted by Crippen LogP contribution is -2.09. The van der Waals surface area contributed by atoms with Gasteiger partial charge in [-0.3, -0.25) is 0 Å². The second-order valence-corrected chi connectivity index (χ2v) is 4.66. The van der Waals surface area contributed by atoms with Crippen LogP contribution in [0.25, 0.3) is 0 Å². The first kappa shape index (κ1) is 17.2. The van der Waals surface area contributed by atoms with Gasteiger partial charge in [-0.15, -0.1) is 6.42 Å². The summed E-state index contributed by atoms with van der Waals surface area (Å²) in [6.45, 7) is 3.64. The standard InChI is InChI=1S/C13H23IO3/c1-2-8-15-10-12-17-13-11-16-9-6-4-3-5-7-14/h1H,3-13H2. The van der Waals surface area contributed by atoms with Crippen LogP contribution in [0.1, 0.15) is 25.7 Å². The van der Waals surface area contributed by atoms with Crippen LogP contribution in [0.15, 0.2) is 0 Å². The third-order valence-corrected chi connectivity index (χ3v) is 2.86. The molecular weight excluding hydrogens is 331 g/mol. The molecule has 0 amide bonds. The number of hydrogen-bond donors (Lipinski definition) is 0. The largest absolute Gasteiger partial charge is 0.379 e. The van der Waals surface area contributed by atoms with Crippen LogP contribution in [0.2, 0.25) is 0 Å². The van der Waals surface area contributed by atoms with Crippen molar-refractivity contribution in [1.29, 1.82) is 0 Å². The van der Waals surface area contributed by atoms with Gasteiger partial charge in [-0.1, -0.05) is 41.4 Å². The molecule has 0 rings (SSSR count). The van der Waals surface area contributed by atoms with E-state index in [0.29, 0.717) is 33.0 Å². The molecule has 0 aromatic carbocycles. The smallest absolute Gasteiger partial charge is 0.107 e. The highest BCUT2D eigenvalue weighted by molar-refractivity contribution is 14.1. The van der Waals surface area contributed by atoms with Gasteiger partial charge in [-0.25, -0.2) is 0 Å². The van der Waals surface area contributed by atoms with Gasteiger partial charge in [-0.2, -0.15) is 0 Å². The number of terminal acetylenes is 1. The van der Waals surface area contributed by atoms with Crippen molar-refractivity contribution in [3.63, 3.8) is 0 Å². The highest BCUT2D eigenvalue weighted by Crippen LogP contribution is 2.02. The van der Waals surface area contributed by atoms with Gasteiger partial charge in [-0.05, 0) is 17.3 Å². The third kappa shape index (κ3) is 16.2. The van der Waals surface area contributed by atoms with E-state index in [0.717, 1.165) is 13.0 Å². The Balaban J connectivity index is 2.87. The first-order valence-corrected chi connectivity index (χ1v) is 7.67. The zero-order valence-electron chi connectivity index (χ0n) is 10.5. The molecule has 0 aromatic rings. The predicted octanol–water partition coefficient (Wildman–Crippen LogP) is 2.66. The van der Waals surface area contributed by atoms with Gasteiger partial charge in [0.2, 0.25) is 0 Å². The lowest BCUT2D eigenvalue weighted by Gasteiger charge is -2.05. The Labute approximate surface area is 119 Å². The fourth-order valence-corrected chi connectivity index (χ4v) is 1.76. The van der Waals surface area contributed by atoms with E-state index < -0.39 is 0 Å². The Morgan fingerprint density at radius 3 is 2.00 bits per heavy atom. The summed E-state index contributed by atoms with van der Waals surface area (Å²) in [6, 6.07) is 0. The van der Waals surface area contributed by atoms with E-state index in [1.165, 1.54) is 23.7 Å². The summed E-state index contributed by atoms with van der Waals surface area (Å²) in [5, 5.41) is 0. The van der Waals surface area contributed by atoms with E-state index in [-0.39, 0.29) is 0 Å². The molecule has 0 saturated carbocycles. The molecule has 0 spiro atoms. The number of unbranched alkanes of at least 4 members (excludes halogenated alkanes) is 3. The van der Waals surface area contributed by atoms with E-state index in [1.807, 2.05) is 0 Å². The average Bonchev–Trinajstić information content (AvgIpc) is 2.35. The first-order valence-electron chi connectivity index (χ1n) is 6.14. The molecule has 0 aromatic heterocycles. The molecule has 0 heterocycles. The fraction of sp³-hybridized carbons (Fsp3) is 0.846. The fourth-order valence-electron chi connectivity index (χ4n) is 1.22. The van der Waals surface area contributed by atoms with Gasteiger partial charge in [0.15, 0.2) is 0 Å². The molecule has 3 nitrogen and oxygen atoms in total. The molecule has 0 aliphatic heterocycles. The van der Waals surface area contributed by atoms with Gasteiger partial charge >= 0.3 is 0 Å². The topological polar surface area (TPSA) is 27.7 Å². The number of alkyl halides is 1. The molecule has 0 radical (unpaired) electrons. The number of halogens is 1. The van der Waals surface area contributed by atoms with E-state index in [4.69, 9.17) is 20.6 Å². The van der Waals surface area contributed by atoms with Gasteiger partial charge in [0.1, 0.15) is 6.61 Å². The highest BCUT2D eigenvalue weighted by atomic mass is 127. The van der Waals surface area contributed by atoms with Crippen LogP contribution in [-0.2, 0) is 14.2 Å². The molecule has 0 bridgehead atoms. The third-order valence-electron chi connectivity index (χ3n) is 2.10. The molecule has 17 heavy (non-hydrogen) atoms. The van der Waals surface area contributed by atoms with Crippen molar-refractivity contribution in [3.05, 3.63) is 0 Å². The number of ether oxygens (including phenoxy) is 3. The molecular formula is C13H23IO3. The maximum Gasteiger partial charge on any atom is 0.107 e. The molecule has 0 aliphatic rings. The number of hydrogen-bond acceptors (Lipinski definition) is 3. The quantitative estimate of drug-likeness (QED) is 0.220. The number of rotatable bonds is 13. The summed E-state index contributed by atoms with van der Waals surface area (Å²) in [5.74, 6) is 2.40. The van der Waals surface area contributed by atoms with Crippen LogP contribution in [0, 0.1) is 12.3 Å². The monoisotopic (exact) mass is 354 g/mol. The van der Waals surface area contributed by atoms with Crippen molar-refractivity contribution in [3.8, 4) is 12.3 Å². The molecule has 0 N–H and O–H groups in total. The SMILES string of the molecule is C#CCOCCOCCOCCCCCCI. The van der Waals surface area contributed by atoms with Gasteiger partial charge in [0.05, 0.1) is 26.4 Å². The van der Waals surface area contributed by atoms with Gasteiger partial charge in [0.25, 0.3) is 0 Å². The van der Waals surface area contributed by atoms with Crippen LogP contribution in [0.4, 0.5) is 0 Å². The van der Waals surface area contributed by atoms with E-state index in [2.05, 4.69) is 28.5 Å². The average molecular weight is 354 g/mol. The van der Waals surface area contributed by atoms with Crippen LogP contribution in [0.5, 0.6) is 0 Å². The maximum absolute atomic E-state index is 5.44. The summed E-state index contributed by atoms with van der Waals surface area (Å²) in [7, 11) is 0. The summed E-state index contributed by atoms with van der Waals surface area (Å²) in [6.07, 6.45) is 10.1. The summed E-state index contributed by atoms with van der Waals surface area (Å²) < 4.78 is 17.1. The zero-order valence-corrected chi connectivity index (χ0v) is 12.6. The van der Waals surface area contributed by atoms with Crippen molar-refractivity contribution in [2.24, 2.45) is 0 Å². The Morgan fingerprint density at radius 2 is 1.35 bits per heavy atom. The lowest BCUT2D eigenvalue weighted by atomic mass is 10.2. The molecule has 0 fully saturated rings. The van der Waals surface area contributed by atoms with Crippen molar-refractivity contribution in [1.82, 2.24) is 0 Å². The molecule has 0 atom stereocenters. The van der Waals surface area contributed by atoms with Crippen LogP contribution >= 0.6 is 22.6 Å².